The molecule has 1 aromatic rings. The van der Waals surface area contributed by atoms with Crippen LogP contribution in [0.2, 0.25) is 0 Å². The van der Waals surface area contributed by atoms with Crippen molar-refractivity contribution in [2.45, 2.75) is 19.9 Å². The minimum atomic E-state index is -0.720. The highest BCUT2D eigenvalue weighted by atomic mass is 19.1. The van der Waals surface area contributed by atoms with Crippen molar-refractivity contribution in [3.8, 4) is 5.75 Å². The van der Waals surface area contributed by atoms with Gasteiger partial charge in [0.1, 0.15) is 0 Å². The van der Waals surface area contributed by atoms with Crippen molar-refractivity contribution in [1.29, 1.82) is 0 Å². The van der Waals surface area contributed by atoms with Crippen molar-refractivity contribution < 1.29 is 13.5 Å². The van der Waals surface area contributed by atoms with Gasteiger partial charge < -0.3 is 10.5 Å². The fourth-order valence-corrected chi connectivity index (χ4v) is 1.20. The summed E-state index contributed by atoms with van der Waals surface area (Å²) in [6.45, 7) is 5.81. The van der Waals surface area contributed by atoms with Crippen LogP contribution in [0.3, 0.4) is 0 Å². The highest BCUT2D eigenvalue weighted by Crippen LogP contribution is 2.23. The molecule has 0 aliphatic heterocycles. The summed E-state index contributed by atoms with van der Waals surface area (Å²) in [5.74, 6) is -1.79. The van der Waals surface area contributed by atoms with E-state index in [1.165, 1.54) is 12.1 Å². The maximum atomic E-state index is 13.4. The second-order valence-electron chi connectivity index (χ2n) is 3.65. The Morgan fingerprint density at radius 3 is 2.38 bits per heavy atom. The van der Waals surface area contributed by atoms with E-state index in [-0.39, 0.29) is 18.9 Å². The van der Waals surface area contributed by atoms with E-state index in [0.717, 1.165) is 5.57 Å². The van der Waals surface area contributed by atoms with E-state index in [9.17, 15) is 8.78 Å². The second-order valence-corrected chi connectivity index (χ2v) is 3.65. The predicted octanol–water partition coefficient (Wildman–Crippen LogP) is 2.77. The molecule has 0 amide bonds. The highest BCUT2D eigenvalue weighted by Gasteiger charge is 2.11. The number of hydrogen-bond donors (Lipinski definition) is 1. The Balaban J connectivity index is 2.76. The quantitative estimate of drug-likeness (QED) is 0.785. The zero-order valence-electron chi connectivity index (χ0n) is 9.22. The van der Waals surface area contributed by atoms with Crippen molar-refractivity contribution >= 4 is 0 Å². The zero-order chi connectivity index (χ0) is 12.1. The van der Waals surface area contributed by atoms with Crippen LogP contribution in [0.4, 0.5) is 8.78 Å². The molecule has 0 atom stereocenters. The molecule has 2 N–H and O–H groups in total. The molecule has 88 valence electrons. The summed E-state index contributed by atoms with van der Waals surface area (Å²) in [6, 6.07) is 2.36. The first kappa shape index (κ1) is 12.6. The molecular weight excluding hydrogens is 212 g/mol. The third kappa shape index (κ3) is 3.31. The van der Waals surface area contributed by atoms with Gasteiger partial charge in [0.2, 0.25) is 0 Å². The van der Waals surface area contributed by atoms with E-state index in [0.29, 0.717) is 12.0 Å². The molecule has 0 aromatic heterocycles. The lowest BCUT2D eigenvalue weighted by molar-refractivity contribution is 0.288. The molecule has 4 heteroatoms. The molecule has 0 saturated heterocycles. The molecule has 0 spiro atoms. The topological polar surface area (TPSA) is 35.2 Å². The van der Waals surface area contributed by atoms with Gasteiger partial charge in [0, 0.05) is 13.0 Å². The summed E-state index contributed by atoms with van der Waals surface area (Å²) >= 11 is 0. The molecule has 1 aromatic carbocycles. The third-order valence-electron chi connectivity index (χ3n) is 2.07. The van der Waals surface area contributed by atoms with E-state index < -0.39 is 11.6 Å². The average Bonchev–Trinajstić information content (AvgIpc) is 2.21. The van der Waals surface area contributed by atoms with Crippen LogP contribution in [-0.2, 0) is 6.54 Å². The first-order valence-corrected chi connectivity index (χ1v) is 4.99. The van der Waals surface area contributed by atoms with Gasteiger partial charge in [-0.1, -0.05) is 5.57 Å². The Hall–Kier alpha value is -1.42. The molecule has 0 radical (unpaired) electrons. The van der Waals surface area contributed by atoms with Crippen LogP contribution in [0, 0.1) is 11.6 Å². The Kier molecular flexibility index (Phi) is 4.43. The van der Waals surface area contributed by atoms with Gasteiger partial charge in [-0.15, -0.1) is 6.58 Å². The highest BCUT2D eigenvalue weighted by molar-refractivity contribution is 5.31. The summed E-state index contributed by atoms with van der Waals surface area (Å²) < 4.78 is 31.8. The van der Waals surface area contributed by atoms with Crippen LogP contribution in [-0.4, -0.2) is 6.61 Å². The molecule has 0 bridgehead atoms. The van der Waals surface area contributed by atoms with Gasteiger partial charge in [0.15, 0.2) is 17.4 Å². The van der Waals surface area contributed by atoms with Gasteiger partial charge in [-0.2, -0.15) is 0 Å². The summed E-state index contributed by atoms with van der Waals surface area (Å²) in [5, 5.41) is 0. The van der Waals surface area contributed by atoms with Gasteiger partial charge in [0.25, 0.3) is 0 Å². The Labute approximate surface area is 93.7 Å². The fourth-order valence-electron chi connectivity index (χ4n) is 1.20. The van der Waals surface area contributed by atoms with Gasteiger partial charge in [-0.05, 0) is 24.6 Å². The molecule has 0 unspecified atom stereocenters. The minimum absolute atomic E-state index is 0.0971. The number of rotatable bonds is 5. The first-order chi connectivity index (χ1) is 7.54. The maximum Gasteiger partial charge on any atom is 0.190 e. The smallest absolute Gasteiger partial charge is 0.190 e. The van der Waals surface area contributed by atoms with Gasteiger partial charge in [-0.3, -0.25) is 0 Å². The summed E-state index contributed by atoms with van der Waals surface area (Å²) in [4.78, 5) is 0. The predicted molar refractivity (Wildman–Crippen MR) is 59.2 cm³/mol. The monoisotopic (exact) mass is 227 g/mol. The van der Waals surface area contributed by atoms with E-state index in [4.69, 9.17) is 10.5 Å². The molecule has 0 aliphatic carbocycles. The van der Waals surface area contributed by atoms with Crippen LogP contribution >= 0.6 is 0 Å². The lowest BCUT2D eigenvalue weighted by Crippen LogP contribution is -2.04. The average molecular weight is 227 g/mol. The van der Waals surface area contributed by atoms with E-state index >= 15 is 0 Å². The van der Waals surface area contributed by atoms with Crippen LogP contribution in [0.15, 0.2) is 24.3 Å². The SMILES string of the molecule is C=C(C)CCOc1c(F)cc(CN)cc1F. The van der Waals surface area contributed by atoms with Crippen molar-refractivity contribution in [3.05, 3.63) is 41.5 Å². The maximum absolute atomic E-state index is 13.4. The van der Waals surface area contributed by atoms with Crippen molar-refractivity contribution in [2.75, 3.05) is 6.61 Å². The normalized spacial score (nSPS) is 10.2. The molecule has 0 heterocycles. The molecule has 0 fully saturated rings. The molecule has 1 rings (SSSR count). The van der Waals surface area contributed by atoms with Gasteiger partial charge in [0.05, 0.1) is 6.61 Å². The van der Waals surface area contributed by atoms with Crippen LogP contribution in [0.25, 0.3) is 0 Å². The van der Waals surface area contributed by atoms with Gasteiger partial charge in [-0.25, -0.2) is 8.78 Å². The summed E-state index contributed by atoms with van der Waals surface area (Å²) in [6.07, 6.45) is 0.567. The van der Waals surface area contributed by atoms with Crippen LogP contribution in [0.5, 0.6) is 5.75 Å². The Morgan fingerprint density at radius 2 is 1.94 bits per heavy atom. The van der Waals surface area contributed by atoms with Crippen LogP contribution in [0.1, 0.15) is 18.9 Å². The minimum Gasteiger partial charge on any atom is -0.487 e. The number of benzene rings is 1. The lowest BCUT2D eigenvalue weighted by Gasteiger charge is -2.09. The molecular formula is C12H15F2NO. The molecule has 0 saturated carbocycles. The van der Waals surface area contributed by atoms with E-state index in [1.807, 2.05) is 6.92 Å². The van der Waals surface area contributed by atoms with Gasteiger partial charge >= 0.3 is 0 Å². The largest absolute Gasteiger partial charge is 0.487 e. The zero-order valence-corrected chi connectivity index (χ0v) is 9.22. The van der Waals surface area contributed by atoms with Crippen LogP contribution < -0.4 is 10.5 Å². The van der Waals surface area contributed by atoms with E-state index in [1.54, 1.807) is 0 Å². The molecule has 0 aliphatic rings. The first-order valence-electron chi connectivity index (χ1n) is 4.99. The van der Waals surface area contributed by atoms with Crippen molar-refractivity contribution in [1.82, 2.24) is 0 Å². The Bertz CT molecular complexity index is 368. The third-order valence-corrected chi connectivity index (χ3v) is 2.07. The summed E-state index contributed by atoms with van der Waals surface area (Å²) in [5.41, 5.74) is 6.60. The molecule has 16 heavy (non-hydrogen) atoms. The number of nitrogens with two attached hydrogens (primary N) is 1. The standard InChI is InChI=1S/C12H15F2NO/c1-8(2)3-4-16-12-10(13)5-9(7-15)6-11(12)14/h5-6H,1,3-4,7,15H2,2H3. The Morgan fingerprint density at radius 1 is 1.38 bits per heavy atom. The van der Waals surface area contributed by atoms with E-state index in [2.05, 4.69) is 6.58 Å². The lowest BCUT2D eigenvalue weighted by atomic mass is 10.2. The molecule has 2 nitrogen and oxygen atoms in total. The fraction of sp³-hybridized carbons (Fsp3) is 0.333. The number of hydrogen-bond acceptors (Lipinski definition) is 2. The van der Waals surface area contributed by atoms with Crippen molar-refractivity contribution in [3.63, 3.8) is 0 Å². The number of halogens is 2. The second kappa shape index (κ2) is 5.61. The number of ether oxygens (including phenoxy) is 1. The van der Waals surface area contributed by atoms with Crippen molar-refractivity contribution in [2.24, 2.45) is 5.73 Å². The summed E-state index contributed by atoms with van der Waals surface area (Å²) in [7, 11) is 0.